The first kappa shape index (κ1) is 24.2. The van der Waals surface area contributed by atoms with Crippen molar-refractivity contribution in [3.63, 3.8) is 0 Å². The highest BCUT2D eigenvalue weighted by molar-refractivity contribution is 7.25. The van der Waals surface area contributed by atoms with Gasteiger partial charge in [-0.2, -0.15) is 0 Å². The first-order valence-electron chi connectivity index (χ1n) is 15.1. The van der Waals surface area contributed by atoms with Crippen LogP contribution in [0.3, 0.4) is 0 Å². The normalized spacial score (nSPS) is 15.0. The Morgan fingerprint density at radius 3 is 2.43 bits per heavy atom. The maximum atomic E-state index is 6.71. The minimum Gasteiger partial charge on any atom is -0.456 e. The largest absolute Gasteiger partial charge is 0.456 e. The van der Waals surface area contributed by atoms with E-state index in [1.807, 2.05) is 11.3 Å². The summed E-state index contributed by atoms with van der Waals surface area (Å²) in [6.45, 7) is 2.23. The van der Waals surface area contributed by atoms with Crippen LogP contribution in [0, 0.1) is 5.92 Å². The Balaban J connectivity index is 1.37. The molecule has 0 radical (unpaired) electrons. The number of fused-ring (bicyclic) bond motifs is 10. The van der Waals surface area contributed by atoms with Crippen molar-refractivity contribution in [1.82, 2.24) is 14.5 Å². The summed E-state index contributed by atoms with van der Waals surface area (Å²) in [5, 5.41) is 7.25. The molecule has 5 aromatic carbocycles. The molecule has 0 saturated carbocycles. The molecule has 5 heteroatoms. The molecule has 4 nitrogen and oxygen atoms in total. The fourth-order valence-electron chi connectivity index (χ4n) is 7.10. The minimum atomic E-state index is 0.411. The van der Waals surface area contributed by atoms with Crippen LogP contribution in [-0.2, 0) is 6.42 Å². The predicted molar refractivity (Wildman–Crippen MR) is 184 cm³/mol. The molecule has 4 heterocycles. The van der Waals surface area contributed by atoms with E-state index in [0.717, 1.165) is 51.1 Å². The van der Waals surface area contributed by atoms with Crippen LogP contribution in [-0.4, -0.2) is 14.5 Å². The van der Waals surface area contributed by atoms with Gasteiger partial charge in [0, 0.05) is 48.5 Å². The van der Waals surface area contributed by atoms with Gasteiger partial charge in [-0.05, 0) is 47.0 Å². The van der Waals surface area contributed by atoms with Crippen molar-refractivity contribution in [1.29, 1.82) is 0 Å². The van der Waals surface area contributed by atoms with Crippen LogP contribution in [0.5, 0.6) is 0 Å². The van der Waals surface area contributed by atoms with Crippen molar-refractivity contribution in [3.8, 4) is 17.2 Å². The van der Waals surface area contributed by atoms with Crippen LogP contribution in [0.2, 0.25) is 0 Å². The molecule has 4 aromatic heterocycles. The summed E-state index contributed by atoms with van der Waals surface area (Å²) in [4.78, 5) is 10.8. The monoisotopic (exact) mass is 583 g/mol. The van der Waals surface area contributed by atoms with E-state index < -0.39 is 0 Å². The quantitative estimate of drug-likeness (QED) is 0.203. The highest BCUT2D eigenvalue weighted by atomic mass is 32.1. The molecule has 1 aliphatic carbocycles. The summed E-state index contributed by atoms with van der Waals surface area (Å²) in [5.41, 5.74) is 6.78. The molecule has 10 rings (SSSR count). The molecule has 0 aliphatic heterocycles. The maximum Gasteiger partial charge on any atom is 0.236 e. The Kier molecular flexibility index (Phi) is 4.89. The highest BCUT2D eigenvalue weighted by Gasteiger charge is 2.26. The zero-order chi connectivity index (χ0) is 28.9. The van der Waals surface area contributed by atoms with Gasteiger partial charge < -0.3 is 4.42 Å². The van der Waals surface area contributed by atoms with E-state index in [4.69, 9.17) is 14.4 Å². The lowest BCUT2D eigenvalue weighted by Crippen LogP contribution is -2.04. The number of hydrogen-bond acceptors (Lipinski definition) is 4. The van der Waals surface area contributed by atoms with Gasteiger partial charge in [0.1, 0.15) is 17.0 Å². The number of para-hydroxylation sites is 1. The first-order valence-corrected chi connectivity index (χ1v) is 15.9. The van der Waals surface area contributed by atoms with Gasteiger partial charge in [0.2, 0.25) is 5.95 Å². The predicted octanol–water partition coefficient (Wildman–Crippen LogP) is 10.7. The summed E-state index contributed by atoms with van der Waals surface area (Å²) < 4.78 is 11.5. The molecular weight excluding hydrogens is 559 g/mol. The molecule has 44 heavy (non-hydrogen) atoms. The molecule has 0 saturated heterocycles. The number of rotatable bonds is 2. The van der Waals surface area contributed by atoms with E-state index >= 15 is 0 Å². The zero-order valence-corrected chi connectivity index (χ0v) is 24.7. The minimum absolute atomic E-state index is 0.411. The molecule has 0 spiro atoms. The second kappa shape index (κ2) is 8.88. The molecule has 0 fully saturated rings. The molecule has 0 amide bonds. The van der Waals surface area contributed by atoms with Crippen molar-refractivity contribution >= 4 is 81.3 Å². The molecular formula is C39H25N3OS. The topological polar surface area (TPSA) is 43.9 Å². The second-order valence-corrected chi connectivity index (χ2v) is 13.0. The van der Waals surface area contributed by atoms with E-state index in [-0.39, 0.29) is 0 Å². The fourth-order valence-corrected chi connectivity index (χ4v) is 8.23. The van der Waals surface area contributed by atoms with Gasteiger partial charge in [-0.15, -0.1) is 11.3 Å². The number of allylic oxidation sites excluding steroid dienone is 1. The van der Waals surface area contributed by atoms with E-state index in [1.165, 1.54) is 41.7 Å². The van der Waals surface area contributed by atoms with E-state index in [2.05, 4.69) is 127 Å². The lowest BCUT2D eigenvalue weighted by Gasteiger charge is -2.11. The van der Waals surface area contributed by atoms with Crippen molar-refractivity contribution < 1.29 is 4.42 Å². The number of aromatic nitrogens is 3. The zero-order valence-electron chi connectivity index (χ0n) is 23.9. The summed E-state index contributed by atoms with van der Waals surface area (Å²) in [7, 11) is 0. The lowest BCUT2D eigenvalue weighted by molar-refractivity contribution is 0.513. The molecule has 1 atom stereocenters. The van der Waals surface area contributed by atoms with E-state index in [1.54, 1.807) is 0 Å². The van der Waals surface area contributed by atoms with Gasteiger partial charge in [-0.1, -0.05) is 91.9 Å². The van der Waals surface area contributed by atoms with Crippen molar-refractivity contribution in [3.05, 3.63) is 121 Å². The lowest BCUT2D eigenvalue weighted by atomic mass is 9.96. The molecule has 0 N–H and O–H groups in total. The highest BCUT2D eigenvalue weighted by Crippen LogP contribution is 2.44. The summed E-state index contributed by atoms with van der Waals surface area (Å²) in [6, 6.07) is 36.9. The van der Waals surface area contributed by atoms with E-state index in [0.29, 0.717) is 11.9 Å². The third kappa shape index (κ3) is 3.33. The first-order chi connectivity index (χ1) is 21.7. The Morgan fingerprint density at radius 2 is 1.52 bits per heavy atom. The third-order valence-corrected chi connectivity index (χ3v) is 10.3. The summed E-state index contributed by atoms with van der Waals surface area (Å²) >= 11 is 1.82. The van der Waals surface area contributed by atoms with Crippen molar-refractivity contribution in [2.75, 3.05) is 0 Å². The van der Waals surface area contributed by atoms with Crippen LogP contribution in [0.1, 0.15) is 18.2 Å². The Bertz CT molecular complexity index is 2670. The molecule has 9 aromatic rings. The van der Waals surface area contributed by atoms with Gasteiger partial charge in [-0.3, -0.25) is 4.57 Å². The van der Waals surface area contributed by atoms with Gasteiger partial charge in [0.25, 0.3) is 0 Å². The van der Waals surface area contributed by atoms with Gasteiger partial charge in [-0.25, -0.2) is 9.97 Å². The smallest absolute Gasteiger partial charge is 0.236 e. The van der Waals surface area contributed by atoms with Crippen LogP contribution in [0.15, 0.2) is 114 Å². The van der Waals surface area contributed by atoms with Crippen LogP contribution >= 0.6 is 11.3 Å². The van der Waals surface area contributed by atoms with Gasteiger partial charge in [0.05, 0.1) is 11.0 Å². The third-order valence-electron chi connectivity index (χ3n) is 9.13. The van der Waals surface area contributed by atoms with Gasteiger partial charge >= 0.3 is 0 Å². The number of thiophene rings is 1. The Hall–Kier alpha value is -5.26. The standard InChI is InChI=1S/C39H25N3OS/c1-22-17-18-26-32(19-22)43-38-36(26)40-39(41-37(38)28-13-8-16-34-35(28)27-12-5-7-15-33(27)44-34)42-30-14-6-4-11-25(30)29-20-23-9-2-3-10-24(23)21-31(29)42/h2-18,20-22H,19H2,1H3. The molecule has 208 valence electrons. The fraction of sp³-hybridized carbons (Fsp3) is 0.0769. The maximum absolute atomic E-state index is 6.71. The Morgan fingerprint density at radius 1 is 0.750 bits per heavy atom. The average molecular weight is 584 g/mol. The second-order valence-electron chi connectivity index (χ2n) is 11.9. The van der Waals surface area contributed by atoms with Crippen LogP contribution in [0.25, 0.3) is 87.1 Å². The number of benzene rings is 5. The Labute approximate surface area is 256 Å². The average Bonchev–Trinajstić information content (AvgIpc) is 3.72. The van der Waals surface area contributed by atoms with Crippen LogP contribution < -0.4 is 0 Å². The number of nitrogens with zero attached hydrogens (tertiary/aromatic N) is 3. The van der Waals surface area contributed by atoms with Gasteiger partial charge in [0.15, 0.2) is 5.58 Å². The van der Waals surface area contributed by atoms with Crippen molar-refractivity contribution in [2.24, 2.45) is 5.92 Å². The molecule has 1 unspecified atom stereocenters. The van der Waals surface area contributed by atoms with Crippen LogP contribution in [0.4, 0.5) is 0 Å². The summed E-state index contributed by atoms with van der Waals surface area (Å²) in [5.74, 6) is 2.05. The molecule has 0 bridgehead atoms. The van der Waals surface area contributed by atoms with Crippen molar-refractivity contribution in [2.45, 2.75) is 13.3 Å². The SMILES string of the molecule is CC1C=Cc2c(oc3c(-c4cccc5sc6ccccc6c45)nc(-n4c5ccccc5c5cc6ccccc6cc54)nc23)C1. The molecule has 1 aliphatic rings. The number of furan rings is 1. The van der Waals surface area contributed by atoms with E-state index in [9.17, 15) is 0 Å². The summed E-state index contributed by atoms with van der Waals surface area (Å²) in [6.07, 6.45) is 5.30. The number of hydrogen-bond donors (Lipinski definition) is 0.